The van der Waals surface area contributed by atoms with Crippen LogP contribution in [0.3, 0.4) is 0 Å². The van der Waals surface area contributed by atoms with Crippen molar-refractivity contribution in [1.82, 2.24) is 0 Å². The first-order chi connectivity index (χ1) is 16.6. The normalized spacial score (nSPS) is 11.9. The number of benzene rings is 3. The molecule has 0 aromatic heterocycles. The third-order valence-electron chi connectivity index (χ3n) is 4.99. The Morgan fingerprint density at radius 2 is 1.71 bits per heavy atom. The summed E-state index contributed by atoms with van der Waals surface area (Å²) in [6.45, 7) is -0.266. The van der Waals surface area contributed by atoms with Gasteiger partial charge in [0.15, 0.2) is 0 Å². The van der Waals surface area contributed by atoms with Crippen molar-refractivity contribution in [3.05, 3.63) is 96.1 Å². The maximum absolute atomic E-state index is 14.4. The highest BCUT2D eigenvalue weighted by atomic mass is 32.2. The number of allylic oxidation sites excluding steroid dienone is 1. The van der Waals surface area contributed by atoms with Gasteiger partial charge in [-0.05, 0) is 54.0 Å². The number of para-hydroxylation sites is 1. The second-order valence-electron chi connectivity index (χ2n) is 7.74. The number of carboxylic acid groups (broad SMARTS) is 1. The third-order valence-corrected chi connectivity index (χ3v) is 6.38. The Balaban J connectivity index is 1.59. The summed E-state index contributed by atoms with van der Waals surface area (Å²) in [5, 5.41) is 8.85. The monoisotopic (exact) mass is 501 g/mol. The van der Waals surface area contributed by atoms with Gasteiger partial charge in [0, 0.05) is 18.5 Å². The Hall–Kier alpha value is -3.72. The molecule has 0 saturated heterocycles. The first-order valence-corrected chi connectivity index (χ1v) is 12.3. The van der Waals surface area contributed by atoms with E-state index >= 15 is 0 Å². The van der Waals surface area contributed by atoms with Crippen LogP contribution in [0.2, 0.25) is 0 Å². The van der Waals surface area contributed by atoms with Crippen molar-refractivity contribution in [1.29, 1.82) is 0 Å². The molecule has 3 rings (SSSR count). The standard InChI is InChI=1S/C26H25F2NO5S/c27-26(28,17-18-34-24-12-5-4-8-21(24)13-14-25(30)31)16-15-20-7-6-9-22(19-20)29-35(32,33)23-10-2-1-3-11-23/h1-12,15-16,19,29H,13-14,17-18H2,(H,30,31)/b16-15+. The molecule has 0 unspecified atom stereocenters. The van der Waals surface area contributed by atoms with Crippen LogP contribution in [-0.4, -0.2) is 32.0 Å². The molecular formula is C26H25F2NO5S. The number of hydrogen-bond donors (Lipinski definition) is 2. The van der Waals surface area contributed by atoms with Crippen LogP contribution in [0.5, 0.6) is 5.75 Å². The van der Waals surface area contributed by atoms with Crippen LogP contribution in [0.4, 0.5) is 14.5 Å². The second kappa shape index (κ2) is 11.6. The Kier molecular flexibility index (Phi) is 8.59. The number of anilines is 1. The van der Waals surface area contributed by atoms with E-state index in [0.717, 1.165) is 6.08 Å². The van der Waals surface area contributed by atoms with E-state index in [-0.39, 0.29) is 30.0 Å². The number of alkyl halides is 2. The van der Waals surface area contributed by atoms with E-state index in [1.54, 1.807) is 54.6 Å². The van der Waals surface area contributed by atoms with Crippen LogP contribution in [0.1, 0.15) is 24.0 Å². The molecule has 6 nitrogen and oxygen atoms in total. The van der Waals surface area contributed by atoms with Gasteiger partial charge in [-0.3, -0.25) is 9.52 Å². The van der Waals surface area contributed by atoms with Gasteiger partial charge in [0.05, 0.1) is 11.5 Å². The number of halogens is 2. The number of carbonyl (C=O) groups is 1. The van der Waals surface area contributed by atoms with Gasteiger partial charge in [-0.2, -0.15) is 0 Å². The summed E-state index contributed by atoms with van der Waals surface area (Å²) in [7, 11) is -3.80. The van der Waals surface area contributed by atoms with Crippen molar-refractivity contribution in [2.75, 3.05) is 11.3 Å². The average molecular weight is 502 g/mol. The summed E-state index contributed by atoms with van der Waals surface area (Å²) in [5.41, 5.74) is 1.29. The van der Waals surface area contributed by atoms with Crippen LogP contribution in [-0.2, 0) is 21.2 Å². The first kappa shape index (κ1) is 25.9. The van der Waals surface area contributed by atoms with E-state index in [9.17, 15) is 22.0 Å². The van der Waals surface area contributed by atoms with Crippen LogP contribution in [0.15, 0.2) is 89.8 Å². The summed E-state index contributed by atoms with van der Waals surface area (Å²) >= 11 is 0. The summed E-state index contributed by atoms with van der Waals surface area (Å²) in [4.78, 5) is 10.9. The molecule has 0 saturated carbocycles. The second-order valence-corrected chi connectivity index (χ2v) is 9.42. The Labute approximate surface area is 202 Å². The van der Waals surface area contributed by atoms with Crippen LogP contribution < -0.4 is 9.46 Å². The SMILES string of the molecule is O=C(O)CCc1ccccc1OCCC(F)(F)/C=C/c1cccc(NS(=O)(=O)c2ccccc2)c1. The summed E-state index contributed by atoms with van der Waals surface area (Å²) < 4.78 is 61.7. The van der Waals surface area contributed by atoms with Gasteiger partial charge in [-0.15, -0.1) is 0 Å². The number of sulfonamides is 1. The lowest BCUT2D eigenvalue weighted by atomic mass is 10.1. The predicted molar refractivity (Wildman–Crippen MR) is 130 cm³/mol. The Morgan fingerprint density at radius 3 is 2.46 bits per heavy atom. The number of rotatable bonds is 12. The van der Waals surface area contributed by atoms with Crippen molar-refractivity contribution in [3.63, 3.8) is 0 Å². The van der Waals surface area contributed by atoms with Gasteiger partial charge in [0.25, 0.3) is 15.9 Å². The van der Waals surface area contributed by atoms with Crippen molar-refractivity contribution < 1.29 is 31.8 Å². The number of ether oxygens (including phenoxy) is 1. The molecule has 184 valence electrons. The fourth-order valence-corrected chi connectivity index (χ4v) is 4.28. The maximum Gasteiger partial charge on any atom is 0.303 e. The van der Waals surface area contributed by atoms with Gasteiger partial charge in [-0.25, -0.2) is 17.2 Å². The zero-order chi connectivity index (χ0) is 25.3. The molecule has 2 N–H and O–H groups in total. The molecule has 3 aromatic rings. The Bertz CT molecular complexity index is 1280. The van der Waals surface area contributed by atoms with Crippen LogP contribution in [0, 0.1) is 0 Å². The molecule has 0 aliphatic heterocycles. The molecule has 0 radical (unpaired) electrons. The highest BCUT2D eigenvalue weighted by molar-refractivity contribution is 7.92. The number of aliphatic carboxylic acids is 1. The molecule has 0 bridgehead atoms. The number of aryl methyl sites for hydroxylation is 1. The van der Waals surface area contributed by atoms with Crippen molar-refractivity contribution >= 4 is 27.8 Å². The summed E-state index contributed by atoms with van der Waals surface area (Å²) in [6, 6.07) is 20.7. The summed E-state index contributed by atoms with van der Waals surface area (Å²) in [5.74, 6) is -3.74. The molecule has 0 spiro atoms. The van der Waals surface area contributed by atoms with Gasteiger partial charge in [0.1, 0.15) is 5.75 Å². The molecular weight excluding hydrogens is 476 g/mol. The van der Waals surface area contributed by atoms with E-state index in [2.05, 4.69) is 4.72 Å². The third kappa shape index (κ3) is 8.22. The number of hydrogen-bond acceptors (Lipinski definition) is 4. The molecule has 0 atom stereocenters. The van der Waals surface area contributed by atoms with Crippen LogP contribution >= 0.6 is 0 Å². The van der Waals surface area contributed by atoms with Gasteiger partial charge in [-0.1, -0.05) is 54.6 Å². The number of nitrogens with one attached hydrogen (secondary N) is 1. The lowest BCUT2D eigenvalue weighted by molar-refractivity contribution is -0.136. The minimum Gasteiger partial charge on any atom is -0.493 e. The zero-order valence-corrected chi connectivity index (χ0v) is 19.5. The topological polar surface area (TPSA) is 92.7 Å². The van der Waals surface area contributed by atoms with E-state index in [4.69, 9.17) is 9.84 Å². The first-order valence-electron chi connectivity index (χ1n) is 10.8. The molecule has 0 amide bonds. The highest BCUT2D eigenvalue weighted by Crippen LogP contribution is 2.25. The molecule has 0 aliphatic carbocycles. The van der Waals surface area contributed by atoms with Crippen molar-refractivity contribution in [3.8, 4) is 5.75 Å². The highest BCUT2D eigenvalue weighted by Gasteiger charge is 2.25. The molecule has 0 aliphatic rings. The van der Waals surface area contributed by atoms with Crippen molar-refractivity contribution in [2.45, 2.75) is 30.1 Å². The van der Waals surface area contributed by atoms with Crippen molar-refractivity contribution in [2.24, 2.45) is 0 Å². The van der Waals surface area contributed by atoms with Gasteiger partial charge in [0.2, 0.25) is 0 Å². The van der Waals surface area contributed by atoms with E-state index in [1.807, 2.05) is 0 Å². The van der Waals surface area contributed by atoms with Gasteiger partial charge >= 0.3 is 5.97 Å². The smallest absolute Gasteiger partial charge is 0.303 e. The molecule has 35 heavy (non-hydrogen) atoms. The largest absolute Gasteiger partial charge is 0.493 e. The molecule has 0 fully saturated rings. The minimum atomic E-state index is -3.80. The quantitative estimate of drug-likeness (QED) is 0.336. The lowest BCUT2D eigenvalue weighted by Crippen LogP contribution is -2.17. The average Bonchev–Trinajstić information content (AvgIpc) is 2.83. The molecule has 9 heteroatoms. The maximum atomic E-state index is 14.4. The zero-order valence-electron chi connectivity index (χ0n) is 18.7. The summed E-state index contributed by atoms with van der Waals surface area (Å²) in [6.07, 6.45) is 1.54. The van der Waals surface area contributed by atoms with E-state index in [0.29, 0.717) is 16.9 Å². The molecule has 0 heterocycles. The minimum absolute atomic E-state index is 0.0835. The fourth-order valence-electron chi connectivity index (χ4n) is 3.21. The number of carboxylic acids is 1. The van der Waals surface area contributed by atoms with Crippen LogP contribution in [0.25, 0.3) is 6.08 Å². The van der Waals surface area contributed by atoms with E-state index in [1.165, 1.54) is 30.3 Å². The Morgan fingerprint density at radius 1 is 1.00 bits per heavy atom. The lowest BCUT2D eigenvalue weighted by Gasteiger charge is -2.15. The fraction of sp³-hybridized carbons (Fsp3) is 0.192. The molecule has 3 aromatic carbocycles. The van der Waals surface area contributed by atoms with Gasteiger partial charge < -0.3 is 9.84 Å². The van der Waals surface area contributed by atoms with E-state index < -0.39 is 28.3 Å². The predicted octanol–water partition coefficient (Wildman–Crippen LogP) is 5.62.